The zero-order chi connectivity index (χ0) is 37.5. The highest BCUT2D eigenvalue weighted by molar-refractivity contribution is 7.44. The first-order valence-corrected chi connectivity index (χ1v) is 19.3. The molecule has 2 fully saturated rings. The lowest BCUT2D eigenvalue weighted by molar-refractivity contribution is -0.227. The SMILES string of the molecule is CC(C)N(C(C)C)P(OCCC#N)OC1CCN(C(=O)CCCCO[C@@H]2OC[C@H](OC(=O)c3ccccc3)C(OC(=O)c3ccccc3)[C@@H]2N)CC1. The lowest BCUT2D eigenvalue weighted by atomic mass is 10.0. The summed E-state index contributed by atoms with van der Waals surface area (Å²) in [6.07, 6.45) is 0.403. The van der Waals surface area contributed by atoms with E-state index in [1.54, 1.807) is 60.7 Å². The molecule has 2 unspecified atom stereocenters. The molecule has 2 aliphatic heterocycles. The maximum atomic E-state index is 13.0. The number of piperidine rings is 1. The Morgan fingerprint density at radius 2 is 1.52 bits per heavy atom. The normalized spacial score (nSPS) is 21.6. The van der Waals surface area contributed by atoms with E-state index in [1.807, 2.05) is 4.90 Å². The third-order valence-corrected chi connectivity index (χ3v) is 11.0. The van der Waals surface area contributed by atoms with E-state index in [0.717, 1.165) is 0 Å². The third-order valence-electron chi connectivity index (χ3n) is 8.77. The molecule has 0 saturated carbocycles. The first kappa shape index (κ1) is 41.3. The molecular formula is C38H53N4O9P. The lowest BCUT2D eigenvalue weighted by Crippen LogP contribution is -2.60. The molecule has 0 aliphatic carbocycles. The van der Waals surface area contributed by atoms with Crippen LogP contribution in [0.3, 0.4) is 0 Å². The van der Waals surface area contributed by atoms with Crippen molar-refractivity contribution in [1.29, 1.82) is 5.26 Å². The van der Waals surface area contributed by atoms with Gasteiger partial charge in [0.1, 0.15) is 0 Å². The maximum absolute atomic E-state index is 13.0. The Bertz CT molecular complexity index is 1430. The monoisotopic (exact) mass is 740 g/mol. The Kier molecular flexibility index (Phi) is 16.9. The van der Waals surface area contributed by atoms with Crippen LogP contribution in [0.1, 0.15) is 86.9 Å². The van der Waals surface area contributed by atoms with E-state index in [1.165, 1.54) is 0 Å². The Morgan fingerprint density at radius 1 is 0.923 bits per heavy atom. The van der Waals surface area contributed by atoms with Gasteiger partial charge in [0, 0.05) is 38.2 Å². The molecule has 5 atom stereocenters. The molecule has 1 amide bonds. The molecule has 52 heavy (non-hydrogen) atoms. The fourth-order valence-corrected chi connectivity index (χ4v) is 7.90. The first-order chi connectivity index (χ1) is 25.1. The molecule has 0 bridgehead atoms. The van der Waals surface area contributed by atoms with Crippen LogP contribution in [-0.4, -0.2) is 103 Å². The molecule has 13 nitrogen and oxygen atoms in total. The first-order valence-electron chi connectivity index (χ1n) is 18.1. The Hall–Kier alpha value is -3.47. The molecule has 0 aromatic heterocycles. The number of hydrogen-bond donors (Lipinski definition) is 1. The number of nitrogens with two attached hydrogens (primary N) is 1. The van der Waals surface area contributed by atoms with Crippen LogP contribution in [0.2, 0.25) is 0 Å². The fourth-order valence-electron chi connectivity index (χ4n) is 6.13. The summed E-state index contributed by atoms with van der Waals surface area (Å²) < 4.78 is 38.0. The summed E-state index contributed by atoms with van der Waals surface area (Å²) in [6, 6.07) is 18.6. The molecule has 2 heterocycles. The van der Waals surface area contributed by atoms with E-state index in [4.69, 9.17) is 39.0 Å². The molecule has 2 saturated heterocycles. The second-order valence-electron chi connectivity index (χ2n) is 13.4. The topological polar surface area (TPSA) is 163 Å². The van der Waals surface area contributed by atoms with Crippen molar-refractivity contribution >= 4 is 26.4 Å². The predicted molar refractivity (Wildman–Crippen MR) is 195 cm³/mol. The third kappa shape index (κ3) is 12.3. The van der Waals surface area contributed by atoms with Crippen molar-refractivity contribution in [2.24, 2.45) is 5.73 Å². The molecule has 2 N–H and O–H groups in total. The standard InChI is InChI=1S/C38H53N4O9P/c1-27(2)42(28(3)4)52(48-25-13-21-39)51-31-19-22-41(23-20-31)33(43)18-11-12-24-46-38-34(40)35(50-37(45)30-16-9-6-10-17-30)32(26-47-38)49-36(44)29-14-7-5-8-15-29/h5-10,14-17,27-28,31-32,34-35,38H,11-13,18-20,22-26,40H2,1-4H3/t32-,34-,35?,38+,52?/m0/s1. The molecule has 2 aliphatic rings. The van der Waals surface area contributed by atoms with Gasteiger partial charge >= 0.3 is 11.9 Å². The van der Waals surface area contributed by atoms with Crippen LogP contribution >= 0.6 is 8.53 Å². The maximum Gasteiger partial charge on any atom is 0.338 e. The zero-order valence-corrected chi connectivity index (χ0v) is 31.5. The van der Waals surface area contributed by atoms with Crippen LogP contribution in [0.4, 0.5) is 0 Å². The highest BCUT2D eigenvalue weighted by Gasteiger charge is 2.44. The number of carbonyl (C=O) groups is 3. The molecular weight excluding hydrogens is 687 g/mol. The average molecular weight is 741 g/mol. The number of esters is 2. The van der Waals surface area contributed by atoms with Gasteiger partial charge in [-0.25, -0.2) is 14.3 Å². The average Bonchev–Trinajstić information content (AvgIpc) is 3.14. The Morgan fingerprint density at radius 3 is 2.10 bits per heavy atom. The molecule has 2 aromatic rings. The van der Waals surface area contributed by atoms with Gasteiger partial charge in [0.15, 0.2) is 18.5 Å². The quantitative estimate of drug-likeness (QED) is 0.115. The van der Waals surface area contributed by atoms with Gasteiger partial charge in [-0.05, 0) is 77.6 Å². The van der Waals surface area contributed by atoms with Gasteiger partial charge in [-0.1, -0.05) is 36.4 Å². The van der Waals surface area contributed by atoms with E-state index in [9.17, 15) is 14.4 Å². The summed E-state index contributed by atoms with van der Waals surface area (Å²) in [7, 11) is -1.33. The van der Waals surface area contributed by atoms with Crippen LogP contribution in [0, 0.1) is 11.3 Å². The summed E-state index contributed by atoms with van der Waals surface area (Å²) in [5, 5.41) is 8.97. The van der Waals surface area contributed by atoms with Crippen molar-refractivity contribution in [3.05, 3.63) is 71.8 Å². The molecule has 4 rings (SSSR count). The molecule has 0 spiro atoms. The number of ether oxygens (including phenoxy) is 4. The van der Waals surface area contributed by atoms with E-state index in [0.29, 0.717) is 69.3 Å². The predicted octanol–water partition coefficient (Wildman–Crippen LogP) is 5.59. The number of likely N-dealkylation sites (tertiary alicyclic amines) is 1. The number of nitrogens with zero attached hydrogens (tertiary/aromatic N) is 3. The van der Waals surface area contributed by atoms with E-state index < -0.39 is 45.0 Å². The fraction of sp³-hybridized carbons (Fsp3) is 0.579. The highest BCUT2D eigenvalue weighted by atomic mass is 31.2. The number of carbonyl (C=O) groups excluding carboxylic acids is 3. The van der Waals surface area contributed by atoms with Crippen molar-refractivity contribution in [3.63, 3.8) is 0 Å². The van der Waals surface area contributed by atoms with Crippen molar-refractivity contribution in [2.45, 2.75) is 109 Å². The number of rotatable bonds is 18. The number of unbranched alkanes of at least 4 members (excludes halogenated alkanes) is 1. The smallest absolute Gasteiger partial charge is 0.338 e. The Labute approximate surface area is 308 Å². The van der Waals surface area contributed by atoms with Crippen molar-refractivity contribution in [1.82, 2.24) is 9.57 Å². The van der Waals surface area contributed by atoms with E-state index >= 15 is 0 Å². The van der Waals surface area contributed by atoms with Crippen molar-refractivity contribution < 1.29 is 42.4 Å². The number of hydrogen-bond acceptors (Lipinski definition) is 12. The van der Waals surface area contributed by atoms with Gasteiger partial charge in [0.25, 0.3) is 8.53 Å². The summed E-state index contributed by atoms with van der Waals surface area (Å²) in [5.41, 5.74) is 7.21. The summed E-state index contributed by atoms with van der Waals surface area (Å²) in [5.74, 6) is -1.11. The minimum atomic E-state index is -1.33. The minimum absolute atomic E-state index is 0.0254. The molecule has 284 valence electrons. The van der Waals surface area contributed by atoms with Crippen LogP contribution in [-0.2, 0) is 32.8 Å². The van der Waals surface area contributed by atoms with Crippen molar-refractivity contribution in [3.8, 4) is 6.07 Å². The molecule has 2 aromatic carbocycles. The van der Waals surface area contributed by atoms with Gasteiger partial charge in [-0.15, -0.1) is 0 Å². The summed E-state index contributed by atoms with van der Waals surface area (Å²) in [6.45, 7) is 10.2. The van der Waals surface area contributed by atoms with Crippen LogP contribution in [0.25, 0.3) is 0 Å². The molecule has 14 heteroatoms. The summed E-state index contributed by atoms with van der Waals surface area (Å²) in [4.78, 5) is 40.8. The summed E-state index contributed by atoms with van der Waals surface area (Å²) >= 11 is 0. The lowest BCUT2D eigenvalue weighted by Gasteiger charge is -2.39. The zero-order valence-electron chi connectivity index (χ0n) is 30.6. The van der Waals surface area contributed by atoms with Gasteiger partial charge in [-0.2, -0.15) is 5.26 Å². The van der Waals surface area contributed by atoms with Gasteiger partial charge in [-0.3, -0.25) is 4.79 Å². The molecule has 0 radical (unpaired) electrons. The number of amides is 1. The number of nitriles is 1. The van der Waals surface area contributed by atoms with Crippen LogP contribution < -0.4 is 5.73 Å². The van der Waals surface area contributed by atoms with Crippen LogP contribution in [0.15, 0.2) is 60.7 Å². The Balaban J connectivity index is 1.22. The second-order valence-corrected chi connectivity index (χ2v) is 14.8. The van der Waals surface area contributed by atoms with Crippen molar-refractivity contribution in [2.75, 3.05) is 32.9 Å². The van der Waals surface area contributed by atoms with E-state index in [2.05, 4.69) is 38.4 Å². The van der Waals surface area contributed by atoms with Gasteiger partial charge in [0.2, 0.25) is 5.91 Å². The van der Waals surface area contributed by atoms with E-state index in [-0.39, 0.29) is 37.3 Å². The van der Waals surface area contributed by atoms with Gasteiger partial charge in [0.05, 0.1) is 49.0 Å². The largest absolute Gasteiger partial charge is 0.453 e. The number of benzene rings is 2. The van der Waals surface area contributed by atoms with Gasteiger partial charge < -0.3 is 38.6 Å². The van der Waals surface area contributed by atoms with Crippen LogP contribution in [0.5, 0.6) is 0 Å². The second kappa shape index (κ2) is 21.3. The minimum Gasteiger partial charge on any atom is -0.453 e. The highest BCUT2D eigenvalue weighted by Crippen LogP contribution is 2.48.